The lowest BCUT2D eigenvalue weighted by atomic mass is 10.1. The second-order valence-corrected chi connectivity index (χ2v) is 21.2. The third-order valence-electron chi connectivity index (χ3n) is 13.4. The lowest BCUT2D eigenvalue weighted by molar-refractivity contribution is -0.167. The number of ether oxygens (including phenoxy) is 3. The van der Waals surface area contributed by atoms with E-state index in [1.165, 1.54) is 38.5 Å². The van der Waals surface area contributed by atoms with Crippen LogP contribution in [0.1, 0.15) is 265 Å². The molecule has 0 aliphatic heterocycles. The summed E-state index contributed by atoms with van der Waals surface area (Å²) in [6, 6.07) is 0. The molecule has 0 rings (SSSR count). The quantitative estimate of drug-likeness (QED) is 0.0261. The predicted octanol–water partition coefficient (Wildman–Crippen LogP) is 23.2. The van der Waals surface area contributed by atoms with E-state index in [0.717, 1.165) is 186 Å². The van der Waals surface area contributed by atoms with Crippen LogP contribution in [-0.4, -0.2) is 37.2 Å². The van der Waals surface area contributed by atoms with Crippen molar-refractivity contribution in [2.45, 2.75) is 271 Å². The van der Waals surface area contributed by atoms with E-state index in [9.17, 15) is 14.4 Å². The molecule has 0 aliphatic carbocycles. The zero-order valence-corrected chi connectivity index (χ0v) is 53.1. The molecule has 0 saturated heterocycles. The van der Waals surface area contributed by atoms with Gasteiger partial charge in [0.15, 0.2) is 6.10 Å². The van der Waals surface area contributed by atoms with Gasteiger partial charge in [-0.3, -0.25) is 14.4 Å². The summed E-state index contributed by atoms with van der Waals surface area (Å²) in [5.41, 5.74) is 0. The summed E-state index contributed by atoms with van der Waals surface area (Å²) in [6.07, 6.45) is 103. The van der Waals surface area contributed by atoms with Gasteiger partial charge in [0.1, 0.15) is 13.2 Å². The third-order valence-corrected chi connectivity index (χ3v) is 13.4. The van der Waals surface area contributed by atoms with E-state index in [1.54, 1.807) is 0 Å². The molecule has 1 unspecified atom stereocenters. The molecule has 6 heteroatoms. The molecule has 0 aliphatic rings. The summed E-state index contributed by atoms with van der Waals surface area (Å²) in [5, 5.41) is 0. The second kappa shape index (κ2) is 69.0. The molecule has 0 amide bonds. The van der Waals surface area contributed by atoms with Crippen LogP contribution in [0.5, 0.6) is 0 Å². The van der Waals surface area contributed by atoms with Crippen molar-refractivity contribution in [1.82, 2.24) is 0 Å². The lowest BCUT2D eigenvalue weighted by Crippen LogP contribution is -2.30. The number of carbonyl (C=O) groups is 3. The first kappa shape index (κ1) is 77.5. The van der Waals surface area contributed by atoms with Crippen LogP contribution in [0.4, 0.5) is 0 Å². The van der Waals surface area contributed by atoms with Crippen molar-refractivity contribution >= 4 is 17.9 Å². The molecule has 1 atom stereocenters. The van der Waals surface area contributed by atoms with Gasteiger partial charge in [0, 0.05) is 19.3 Å². The number of rotatable bonds is 58. The highest BCUT2D eigenvalue weighted by Gasteiger charge is 2.19. The standard InChI is InChI=1S/C77H120O6/c1-4-7-10-13-16-19-22-25-28-31-33-34-35-36-37-38-39-40-41-42-44-46-49-52-55-58-61-64-67-70-76(79)82-73-74(72-81-75(78)69-66-63-60-57-54-51-48-45-30-27-24-21-18-15-12-9-6-3)83-77(80)71-68-65-62-59-56-53-50-47-43-32-29-26-23-20-17-14-11-8-5-2/h7-12,16-21,25-30,33-34,36-37,39-40,42-44,47-48,51,74H,4-6,13-15,22-24,31-32,35,38,41,45-46,49-50,52-73H2,1-3H3/b10-7-,11-8-,12-9-,19-16-,20-17-,21-18-,28-25-,29-26-,30-27-,34-33-,37-36-,40-39-,44-42-,47-43-,51-48-. The van der Waals surface area contributed by atoms with Gasteiger partial charge in [0.05, 0.1) is 0 Å². The largest absolute Gasteiger partial charge is 0.462 e. The summed E-state index contributed by atoms with van der Waals surface area (Å²) < 4.78 is 16.9. The zero-order chi connectivity index (χ0) is 59.9. The Hall–Kier alpha value is -5.49. The highest BCUT2D eigenvalue weighted by atomic mass is 16.6. The van der Waals surface area contributed by atoms with Crippen LogP contribution in [0, 0.1) is 0 Å². The molecule has 0 bridgehead atoms. The highest BCUT2D eigenvalue weighted by Crippen LogP contribution is 2.14. The van der Waals surface area contributed by atoms with E-state index in [0.29, 0.717) is 19.3 Å². The normalized spacial score (nSPS) is 13.3. The predicted molar refractivity (Wildman–Crippen MR) is 361 cm³/mol. The zero-order valence-electron chi connectivity index (χ0n) is 53.1. The van der Waals surface area contributed by atoms with Crippen LogP contribution in [0.25, 0.3) is 0 Å². The maximum absolute atomic E-state index is 12.9. The topological polar surface area (TPSA) is 78.9 Å². The molecule has 6 nitrogen and oxygen atoms in total. The number of esters is 3. The van der Waals surface area contributed by atoms with E-state index in [2.05, 4.69) is 203 Å². The molecular weight excluding hydrogens is 1020 g/mol. The van der Waals surface area contributed by atoms with Gasteiger partial charge in [-0.25, -0.2) is 0 Å². The summed E-state index contributed by atoms with van der Waals surface area (Å²) in [7, 11) is 0. The molecular formula is C77H120O6. The third kappa shape index (κ3) is 67.2. The fourth-order valence-corrected chi connectivity index (χ4v) is 8.52. The van der Waals surface area contributed by atoms with Gasteiger partial charge in [-0.15, -0.1) is 0 Å². The van der Waals surface area contributed by atoms with Crippen molar-refractivity contribution in [2.24, 2.45) is 0 Å². The number of hydrogen-bond acceptors (Lipinski definition) is 6. The molecule has 0 aromatic carbocycles. The van der Waals surface area contributed by atoms with Gasteiger partial charge in [-0.1, -0.05) is 274 Å². The van der Waals surface area contributed by atoms with E-state index in [4.69, 9.17) is 14.2 Å². The van der Waals surface area contributed by atoms with Gasteiger partial charge in [0.2, 0.25) is 0 Å². The van der Waals surface area contributed by atoms with Crippen LogP contribution >= 0.6 is 0 Å². The van der Waals surface area contributed by atoms with Gasteiger partial charge in [0.25, 0.3) is 0 Å². The average molecular weight is 1140 g/mol. The van der Waals surface area contributed by atoms with Crippen molar-refractivity contribution in [3.63, 3.8) is 0 Å². The number of hydrogen-bond donors (Lipinski definition) is 0. The fraction of sp³-hybridized carbons (Fsp3) is 0.571. The van der Waals surface area contributed by atoms with Crippen LogP contribution in [0.2, 0.25) is 0 Å². The summed E-state index contributed by atoms with van der Waals surface area (Å²) in [6.45, 7) is 6.25. The summed E-state index contributed by atoms with van der Waals surface area (Å²) in [5.74, 6) is -0.960. The Balaban J connectivity index is 4.46. The Morgan fingerprint density at radius 3 is 0.675 bits per heavy atom. The molecule has 0 saturated carbocycles. The van der Waals surface area contributed by atoms with Crippen molar-refractivity contribution in [3.05, 3.63) is 182 Å². The van der Waals surface area contributed by atoms with E-state index in [-0.39, 0.29) is 31.1 Å². The Bertz CT molecular complexity index is 1940. The van der Waals surface area contributed by atoms with Gasteiger partial charge in [-0.05, 0) is 154 Å². The fourth-order valence-electron chi connectivity index (χ4n) is 8.52. The number of allylic oxidation sites excluding steroid dienone is 30. The molecule has 0 spiro atoms. The van der Waals surface area contributed by atoms with Gasteiger partial charge in [-0.2, -0.15) is 0 Å². The van der Waals surface area contributed by atoms with Crippen molar-refractivity contribution in [3.8, 4) is 0 Å². The van der Waals surface area contributed by atoms with Crippen LogP contribution in [0.3, 0.4) is 0 Å². The summed E-state index contributed by atoms with van der Waals surface area (Å²) in [4.78, 5) is 38.4. The first-order valence-electron chi connectivity index (χ1n) is 33.3. The number of carbonyl (C=O) groups excluding carboxylic acids is 3. The monoisotopic (exact) mass is 1140 g/mol. The molecule has 0 aromatic heterocycles. The molecule has 0 radical (unpaired) electrons. The van der Waals surface area contributed by atoms with Crippen LogP contribution in [0.15, 0.2) is 182 Å². The van der Waals surface area contributed by atoms with Crippen molar-refractivity contribution in [1.29, 1.82) is 0 Å². The SMILES string of the molecule is CC/C=C\C/C=C\C/C=C\C/C=C\C/C=C\C/C=C\C/C=C\CCCCCCCCCC(=O)OCC(COC(=O)CCCCCC/C=C\C/C=C\C/C=C\C/C=C\CC)OC(=O)CCCCCCCC/C=C\C/C=C\C/C=C\C/C=C\CC. The van der Waals surface area contributed by atoms with Crippen LogP contribution < -0.4 is 0 Å². The minimum atomic E-state index is -0.814. The molecule has 464 valence electrons. The van der Waals surface area contributed by atoms with Crippen molar-refractivity contribution in [2.75, 3.05) is 13.2 Å². The minimum Gasteiger partial charge on any atom is -0.462 e. The van der Waals surface area contributed by atoms with Gasteiger partial charge >= 0.3 is 17.9 Å². The molecule has 0 N–H and O–H groups in total. The van der Waals surface area contributed by atoms with E-state index >= 15 is 0 Å². The molecule has 0 heterocycles. The second-order valence-electron chi connectivity index (χ2n) is 21.2. The van der Waals surface area contributed by atoms with Crippen molar-refractivity contribution < 1.29 is 28.6 Å². The van der Waals surface area contributed by atoms with E-state index in [1.807, 2.05) is 0 Å². The smallest absolute Gasteiger partial charge is 0.306 e. The maximum Gasteiger partial charge on any atom is 0.306 e. The molecule has 0 fully saturated rings. The molecule has 0 aromatic rings. The molecule has 83 heavy (non-hydrogen) atoms. The summed E-state index contributed by atoms with van der Waals surface area (Å²) >= 11 is 0. The minimum absolute atomic E-state index is 0.107. The van der Waals surface area contributed by atoms with Crippen LogP contribution in [-0.2, 0) is 28.6 Å². The Labute approximate surface area is 510 Å². The Kier molecular flexibility index (Phi) is 64.4. The number of unbranched alkanes of at least 4 members (excludes halogenated alkanes) is 17. The first-order chi connectivity index (χ1) is 41.0. The first-order valence-corrected chi connectivity index (χ1v) is 33.3. The Morgan fingerprint density at radius 2 is 0.434 bits per heavy atom. The maximum atomic E-state index is 12.9. The highest BCUT2D eigenvalue weighted by molar-refractivity contribution is 5.71. The Morgan fingerprint density at radius 1 is 0.241 bits per heavy atom. The lowest BCUT2D eigenvalue weighted by Gasteiger charge is -2.18. The average Bonchev–Trinajstić information content (AvgIpc) is 3.49. The van der Waals surface area contributed by atoms with Gasteiger partial charge < -0.3 is 14.2 Å². The van der Waals surface area contributed by atoms with E-state index < -0.39 is 6.10 Å².